The molecule has 0 amide bonds. The van der Waals surface area contributed by atoms with Crippen LogP contribution >= 0.6 is 15.9 Å². The number of benzene rings is 1. The first-order chi connectivity index (χ1) is 9.11. The van der Waals surface area contributed by atoms with Crippen LogP contribution < -0.4 is 0 Å². The number of methoxy groups -OCH3 is 1. The third-order valence-electron chi connectivity index (χ3n) is 3.47. The summed E-state index contributed by atoms with van der Waals surface area (Å²) in [6.07, 6.45) is 1.15. The molecule has 1 fully saturated rings. The quantitative estimate of drug-likeness (QED) is 0.864. The number of aliphatic hydroxyl groups is 1. The Kier molecular flexibility index (Phi) is 4.96. The number of aliphatic hydroxyl groups excluding tert-OH is 1. The van der Waals surface area contributed by atoms with Crippen molar-refractivity contribution in [3.63, 3.8) is 0 Å². The number of halogens is 1. The molecular formula is C14H18BrNO3. The van der Waals surface area contributed by atoms with Gasteiger partial charge in [-0.25, -0.2) is 4.79 Å². The maximum Gasteiger partial charge on any atom is 0.327 e. The van der Waals surface area contributed by atoms with E-state index in [2.05, 4.69) is 20.8 Å². The van der Waals surface area contributed by atoms with Crippen molar-refractivity contribution in [2.45, 2.75) is 25.0 Å². The lowest BCUT2D eigenvalue weighted by molar-refractivity contribution is -0.148. The highest BCUT2D eigenvalue weighted by atomic mass is 79.9. The predicted octanol–water partition coefficient (Wildman–Crippen LogP) is 2.12. The molecule has 1 aliphatic rings. The highest BCUT2D eigenvalue weighted by Gasteiger charge is 2.31. The topological polar surface area (TPSA) is 49.8 Å². The van der Waals surface area contributed by atoms with Gasteiger partial charge in [0.2, 0.25) is 0 Å². The lowest BCUT2D eigenvalue weighted by Crippen LogP contribution is -2.41. The Morgan fingerprint density at radius 1 is 1.37 bits per heavy atom. The third-order valence-corrected chi connectivity index (χ3v) is 4.00. The van der Waals surface area contributed by atoms with E-state index in [4.69, 9.17) is 4.74 Å². The Labute approximate surface area is 121 Å². The Morgan fingerprint density at radius 3 is 2.47 bits per heavy atom. The number of hydrogen-bond acceptors (Lipinski definition) is 4. The van der Waals surface area contributed by atoms with Crippen molar-refractivity contribution in [3.8, 4) is 0 Å². The molecule has 4 nitrogen and oxygen atoms in total. The molecule has 1 unspecified atom stereocenters. The minimum atomic E-state index is -0.384. The zero-order valence-electron chi connectivity index (χ0n) is 10.9. The van der Waals surface area contributed by atoms with Gasteiger partial charge in [0.15, 0.2) is 0 Å². The molecule has 1 saturated heterocycles. The lowest BCUT2D eigenvalue weighted by Gasteiger charge is -2.34. The average molecular weight is 328 g/mol. The minimum Gasteiger partial charge on any atom is -0.468 e. The van der Waals surface area contributed by atoms with Crippen molar-refractivity contribution in [3.05, 3.63) is 34.3 Å². The summed E-state index contributed by atoms with van der Waals surface area (Å²) in [5.41, 5.74) is 0.923. The number of rotatable bonds is 3. The minimum absolute atomic E-state index is 0.250. The first-order valence-electron chi connectivity index (χ1n) is 6.37. The van der Waals surface area contributed by atoms with E-state index >= 15 is 0 Å². The summed E-state index contributed by atoms with van der Waals surface area (Å²) >= 11 is 3.39. The van der Waals surface area contributed by atoms with Gasteiger partial charge in [0.25, 0.3) is 0 Å². The van der Waals surface area contributed by atoms with E-state index in [1.54, 1.807) is 0 Å². The second kappa shape index (κ2) is 6.50. The number of hydrogen-bond donors (Lipinski definition) is 1. The van der Waals surface area contributed by atoms with Crippen LogP contribution in [0.5, 0.6) is 0 Å². The fourth-order valence-corrected chi connectivity index (χ4v) is 2.66. The molecule has 0 aliphatic carbocycles. The molecule has 1 heterocycles. The molecule has 1 aliphatic heterocycles. The summed E-state index contributed by atoms with van der Waals surface area (Å²) < 4.78 is 5.90. The van der Waals surface area contributed by atoms with Gasteiger partial charge < -0.3 is 9.84 Å². The van der Waals surface area contributed by atoms with Gasteiger partial charge in [-0.2, -0.15) is 0 Å². The number of ether oxygens (including phenoxy) is 1. The molecule has 1 atom stereocenters. The van der Waals surface area contributed by atoms with Gasteiger partial charge in [0.1, 0.15) is 6.04 Å². The molecule has 0 spiro atoms. The Balaban J connectivity index is 2.21. The molecule has 0 bridgehead atoms. The maximum absolute atomic E-state index is 12.0. The van der Waals surface area contributed by atoms with E-state index < -0.39 is 0 Å². The Morgan fingerprint density at radius 2 is 1.95 bits per heavy atom. The van der Waals surface area contributed by atoms with Crippen LogP contribution in [0, 0.1) is 0 Å². The van der Waals surface area contributed by atoms with Gasteiger partial charge >= 0.3 is 5.97 Å². The summed E-state index contributed by atoms with van der Waals surface area (Å²) in [6.45, 7) is 1.41. The second-order valence-electron chi connectivity index (χ2n) is 4.74. The van der Waals surface area contributed by atoms with E-state index in [1.807, 2.05) is 24.3 Å². The molecule has 1 N–H and O–H groups in total. The zero-order valence-corrected chi connectivity index (χ0v) is 12.5. The van der Waals surface area contributed by atoms with Gasteiger partial charge in [-0.05, 0) is 30.5 Å². The first-order valence-corrected chi connectivity index (χ1v) is 7.16. The van der Waals surface area contributed by atoms with Gasteiger partial charge in [0, 0.05) is 17.6 Å². The highest BCUT2D eigenvalue weighted by molar-refractivity contribution is 9.10. The van der Waals surface area contributed by atoms with Gasteiger partial charge in [-0.1, -0.05) is 28.1 Å². The van der Waals surface area contributed by atoms with Crippen LogP contribution in [0.3, 0.4) is 0 Å². The number of likely N-dealkylation sites (tertiary alicyclic amines) is 1. The first kappa shape index (κ1) is 14.5. The summed E-state index contributed by atoms with van der Waals surface area (Å²) in [7, 11) is 1.41. The normalized spacial score (nSPS) is 19.1. The third kappa shape index (κ3) is 3.55. The molecule has 19 heavy (non-hydrogen) atoms. The van der Waals surface area contributed by atoms with Crippen LogP contribution in [-0.4, -0.2) is 42.3 Å². The summed E-state index contributed by atoms with van der Waals surface area (Å²) in [5.74, 6) is -0.251. The molecule has 5 heteroatoms. The van der Waals surface area contributed by atoms with Crippen molar-refractivity contribution < 1.29 is 14.6 Å². The molecule has 1 aromatic carbocycles. The van der Waals surface area contributed by atoms with E-state index in [-0.39, 0.29) is 18.1 Å². The summed E-state index contributed by atoms with van der Waals surface area (Å²) in [5, 5.41) is 9.56. The van der Waals surface area contributed by atoms with Crippen molar-refractivity contribution in [1.82, 2.24) is 4.90 Å². The molecular weight excluding hydrogens is 310 g/mol. The maximum atomic E-state index is 12.0. The molecule has 0 aromatic heterocycles. The van der Waals surface area contributed by atoms with E-state index in [0.717, 1.165) is 10.0 Å². The van der Waals surface area contributed by atoms with E-state index in [0.29, 0.717) is 25.9 Å². The zero-order chi connectivity index (χ0) is 13.8. The standard InChI is InChI=1S/C14H18BrNO3/c1-19-14(18)13(10-2-4-11(15)5-3-10)16-8-6-12(17)7-9-16/h2-5,12-13,17H,6-9H2,1H3. The van der Waals surface area contributed by atoms with Crippen molar-refractivity contribution >= 4 is 21.9 Å². The van der Waals surface area contributed by atoms with Crippen LogP contribution in [0.4, 0.5) is 0 Å². The Hall–Kier alpha value is -0.910. The average Bonchev–Trinajstić information content (AvgIpc) is 2.43. The number of piperidine rings is 1. The van der Waals surface area contributed by atoms with Crippen LogP contribution in [0.15, 0.2) is 28.7 Å². The largest absolute Gasteiger partial charge is 0.468 e. The summed E-state index contributed by atoms with van der Waals surface area (Å²) in [6, 6.07) is 7.31. The van der Waals surface area contributed by atoms with Crippen molar-refractivity contribution in [1.29, 1.82) is 0 Å². The van der Waals surface area contributed by atoms with Crippen LogP contribution in [-0.2, 0) is 9.53 Å². The van der Waals surface area contributed by atoms with Crippen LogP contribution in [0.1, 0.15) is 24.4 Å². The van der Waals surface area contributed by atoms with Crippen LogP contribution in [0.25, 0.3) is 0 Å². The van der Waals surface area contributed by atoms with Crippen LogP contribution in [0.2, 0.25) is 0 Å². The SMILES string of the molecule is COC(=O)C(c1ccc(Br)cc1)N1CCC(O)CC1. The smallest absolute Gasteiger partial charge is 0.327 e. The van der Waals surface area contributed by atoms with E-state index in [9.17, 15) is 9.90 Å². The predicted molar refractivity (Wildman–Crippen MR) is 75.7 cm³/mol. The van der Waals surface area contributed by atoms with Gasteiger partial charge in [0.05, 0.1) is 13.2 Å². The number of nitrogens with zero attached hydrogens (tertiary/aromatic N) is 1. The molecule has 1 aromatic rings. The van der Waals surface area contributed by atoms with Crippen molar-refractivity contribution in [2.75, 3.05) is 20.2 Å². The fraction of sp³-hybridized carbons (Fsp3) is 0.500. The molecule has 0 radical (unpaired) electrons. The molecule has 2 rings (SSSR count). The van der Waals surface area contributed by atoms with Gasteiger partial charge in [-0.3, -0.25) is 4.90 Å². The van der Waals surface area contributed by atoms with Gasteiger partial charge in [-0.15, -0.1) is 0 Å². The monoisotopic (exact) mass is 327 g/mol. The van der Waals surface area contributed by atoms with Crippen molar-refractivity contribution in [2.24, 2.45) is 0 Å². The second-order valence-corrected chi connectivity index (χ2v) is 5.66. The lowest BCUT2D eigenvalue weighted by atomic mass is 10.0. The number of carbonyl (C=O) groups excluding carboxylic acids is 1. The molecule has 0 saturated carbocycles. The number of esters is 1. The Bertz CT molecular complexity index is 427. The number of carbonyl (C=O) groups is 1. The fourth-order valence-electron chi connectivity index (χ4n) is 2.40. The highest BCUT2D eigenvalue weighted by Crippen LogP contribution is 2.27. The molecule has 104 valence electrons. The summed E-state index contributed by atoms with van der Waals surface area (Å²) in [4.78, 5) is 14.1. The van der Waals surface area contributed by atoms with E-state index in [1.165, 1.54) is 7.11 Å².